The standard InChI is InChI=1S/C36H65N3O16/c1-6-8-10-51-34-22(15-49-17-27-29(37-19(3)43)33(47)32(46)26(14-42)54-27)24(12-40)53-28(30(34)38-20(4)44)18-50-16-23-25(13-41)55-36(48)31(39-21(5)45)35(23)52-11-9-7-2/h22-36,40-42,46-48H,6-18H2,1-5H3,(H,37,43)(H,38,44)(H,39,45)/t22-,23-,24?,25?,26?,27+,28+,29?,30?,31?,32-,33-,34+,35+,36-/m1/s1. The number of carbonyl (C=O) groups is 3. The van der Waals surface area contributed by atoms with Gasteiger partial charge in [-0.05, 0) is 12.8 Å². The quantitative estimate of drug-likeness (QED) is 0.0497. The summed E-state index contributed by atoms with van der Waals surface area (Å²) in [5.74, 6) is -2.54. The van der Waals surface area contributed by atoms with Crippen LogP contribution in [-0.2, 0) is 47.5 Å². The van der Waals surface area contributed by atoms with Crippen molar-refractivity contribution in [3.63, 3.8) is 0 Å². The first kappa shape index (κ1) is 47.3. The number of nitrogens with one attached hydrogen (secondary N) is 3. The van der Waals surface area contributed by atoms with Gasteiger partial charge in [-0.3, -0.25) is 14.4 Å². The molecule has 3 aliphatic heterocycles. The highest BCUT2D eigenvalue weighted by molar-refractivity contribution is 5.74. The van der Waals surface area contributed by atoms with Crippen LogP contribution in [0.1, 0.15) is 60.3 Å². The lowest BCUT2D eigenvalue weighted by Gasteiger charge is -2.47. The number of hydrogen-bond acceptors (Lipinski definition) is 16. The average molecular weight is 796 g/mol. The molecule has 3 amide bonds. The molecule has 320 valence electrons. The minimum Gasteiger partial charge on any atom is -0.394 e. The van der Waals surface area contributed by atoms with Gasteiger partial charge in [0.1, 0.15) is 36.6 Å². The largest absolute Gasteiger partial charge is 0.394 e. The first-order chi connectivity index (χ1) is 26.3. The normalized spacial score (nSPS) is 36.6. The summed E-state index contributed by atoms with van der Waals surface area (Å²) in [5.41, 5.74) is 0. The number of unbranched alkanes of at least 4 members (excludes halogenated alkanes) is 2. The van der Waals surface area contributed by atoms with E-state index in [1.807, 2.05) is 13.8 Å². The van der Waals surface area contributed by atoms with Crippen molar-refractivity contribution in [1.82, 2.24) is 16.0 Å². The summed E-state index contributed by atoms with van der Waals surface area (Å²) >= 11 is 0. The maximum Gasteiger partial charge on any atom is 0.217 e. The van der Waals surface area contributed by atoms with Gasteiger partial charge < -0.3 is 79.7 Å². The van der Waals surface area contributed by atoms with E-state index < -0.39 is 123 Å². The highest BCUT2D eigenvalue weighted by Gasteiger charge is 2.50. The molecule has 0 spiro atoms. The molecule has 0 aromatic heterocycles. The Morgan fingerprint density at radius 3 is 1.44 bits per heavy atom. The number of aliphatic hydroxyl groups is 6. The Kier molecular flexibility index (Phi) is 20.6. The van der Waals surface area contributed by atoms with Gasteiger partial charge in [-0.15, -0.1) is 0 Å². The van der Waals surface area contributed by atoms with Gasteiger partial charge in [-0.1, -0.05) is 26.7 Å². The second-order valence-corrected chi connectivity index (χ2v) is 14.5. The molecular weight excluding hydrogens is 730 g/mol. The maximum absolute atomic E-state index is 12.6. The van der Waals surface area contributed by atoms with E-state index in [2.05, 4.69) is 16.0 Å². The predicted molar refractivity (Wildman–Crippen MR) is 192 cm³/mol. The molecule has 3 heterocycles. The van der Waals surface area contributed by atoms with Gasteiger partial charge in [-0.2, -0.15) is 0 Å². The van der Waals surface area contributed by atoms with Crippen molar-refractivity contribution in [2.45, 2.75) is 140 Å². The average Bonchev–Trinajstić information content (AvgIpc) is 3.14. The second-order valence-electron chi connectivity index (χ2n) is 14.5. The minimum absolute atomic E-state index is 0.0542. The third-order valence-corrected chi connectivity index (χ3v) is 10.2. The van der Waals surface area contributed by atoms with Crippen LogP contribution < -0.4 is 16.0 Å². The summed E-state index contributed by atoms with van der Waals surface area (Å²) in [7, 11) is 0. The number of ether oxygens (including phenoxy) is 7. The molecule has 15 atom stereocenters. The summed E-state index contributed by atoms with van der Waals surface area (Å²) in [6.07, 6.45) is -7.48. The van der Waals surface area contributed by atoms with E-state index in [4.69, 9.17) is 33.2 Å². The smallest absolute Gasteiger partial charge is 0.217 e. The van der Waals surface area contributed by atoms with Crippen LogP contribution in [0.25, 0.3) is 0 Å². The fourth-order valence-corrected chi connectivity index (χ4v) is 7.38. The van der Waals surface area contributed by atoms with Gasteiger partial charge in [0.15, 0.2) is 6.29 Å². The molecule has 19 nitrogen and oxygen atoms in total. The Bertz CT molecular complexity index is 1160. The number of carbonyl (C=O) groups excluding carboxylic acids is 3. The summed E-state index contributed by atoms with van der Waals surface area (Å²) in [5, 5.41) is 70.5. The highest BCUT2D eigenvalue weighted by Crippen LogP contribution is 2.32. The molecule has 3 aliphatic rings. The lowest BCUT2D eigenvalue weighted by molar-refractivity contribution is -0.256. The Labute approximate surface area is 322 Å². The van der Waals surface area contributed by atoms with Crippen LogP contribution in [0.4, 0.5) is 0 Å². The van der Waals surface area contributed by atoms with E-state index >= 15 is 0 Å². The van der Waals surface area contributed by atoms with E-state index in [-0.39, 0.29) is 32.3 Å². The van der Waals surface area contributed by atoms with Crippen LogP contribution in [0.2, 0.25) is 0 Å². The van der Waals surface area contributed by atoms with Gasteiger partial charge in [0.2, 0.25) is 17.7 Å². The van der Waals surface area contributed by atoms with Crippen LogP contribution in [0.15, 0.2) is 0 Å². The van der Waals surface area contributed by atoms with Crippen molar-refractivity contribution in [1.29, 1.82) is 0 Å². The van der Waals surface area contributed by atoms with Crippen molar-refractivity contribution < 1.29 is 78.2 Å². The molecule has 6 unspecified atom stereocenters. The molecule has 19 heteroatoms. The Morgan fingerprint density at radius 2 is 0.964 bits per heavy atom. The fourth-order valence-electron chi connectivity index (χ4n) is 7.38. The van der Waals surface area contributed by atoms with Crippen molar-refractivity contribution >= 4 is 17.7 Å². The number of hydrogen-bond donors (Lipinski definition) is 9. The Balaban J connectivity index is 1.82. The zero-order valence-corrected chi connectivity index (χ0v) is 32.6. The summed E-state index contributed by atoms with van der Waals surface area (Å²) in [4.78, 5) is 36.6. The van der Waals surface area contributed by atoms with Gasteiger partial charge in [0, 0.05) is 45.8 Å². The number of aliphatic hydroxyl groups excluding tert-OH is 6. The monoisotopic (exact) mass is 795 g/mol. The Hall–Kier alpha value is -2.11. The first-order valence-corrected chi connectivity index (χ1v) is 19.3. The zero-order chi connectivity index (χ0) is 40.7. The van der Waals surface area contributed by atoms with E-state index in [1.165, 1.54) is 20.8 Å². The molecule has 9 N–H and O–H groups in total. The van der Waals surface area contributed by atoms with Crippen molar-refractivity contribution in [2.75, 3.05) is 59.5 Å². The van der Waals surface area contributed by atoms with Gasteiger partial charge in [0.25, 0.3) is 0 Å². The van der Waals surface area contributed by atoms with Crippen molar-refractivity contribution in [3.8, 4) is 0 Å². The molecular formula is C36H65N3O16. The maximum atomic E-state index is 12.6. The molecule has 55 heavy (non-hydrogen) atoms. The SMILES string of the molecule is CCCCO[C@@H]1C(NC(C)=O)[C@H](O)OC(CO)[C@H]1COC[C@@H]1OC(CO)[C@@H](COC[C@@H]2OC(CO)[C@@H](O)[C@H](O)C2NC(C)=O)[C@H](OCCCC)C1NC(C)=O. The van der Waals surface area contributed by atoms with Gasteiger partial charge >= 0.3 is 0 Å². The third kappa shape index (κ3) is 13.5. The summed E-state index contributed by atoms with van der Waals surface area (Å²) < 4.78 is 42.6. The minimum atomic E-state index is -1.46. The van der Waals surface area contributed by atoms with Gasteiger partial charge in [-0.25, -0.2) is 0 Å². The van der Waals surface area contributed by atoms with E-state index in [9.17, 15) is 45.0 Å². The Morgan fingerprint density at radius 1 is 0.545 bits per heavy atom. The second kappa shape index (κ2) is 24.0. The molecule has 0 saturated carbocycles. The molecule has 3 fully saturated rings. The van der Waals surface area contributed by atoms with Crippen LogP contribution in [0, 0.1) is 11.8 Å². The lowest BCUT2D eigenvalue weighted by Crippen LogP contribution is -2.66. The molecule has 3 saturated heterocycles. The van der Waals surface area contributed by atoms with Crippen LogP contribution >= 0.6 is 0 Å². The summed E-state index contributed by atoms with van der Waals surface area (Å²) in [6, 6.07) is -2.78. The van der Waals surface area contributed by atoms with E-state index in [0.717, 1.165) is 19.3 Å². The third-order valence-electron chi connectivity index (χ3n) is 10.2. The van der Waals surface area contributed by atoms with Crippen molar-refractivity contribution in [3.05, 3.63) is 0 Å². The summed E-state index contributed by atoms with van der Waals surface area (Å²) in [6.45, 7) is 6.62. The first-order valence-electron chi connectivity index (χ1n) is 19.3. The zero-order valence-electron chi connectivity index (χ0n) is 32.6. The molecule has 0 aromatic carbocycles. The molecule has 0 bridgehead atoms. The van der Waals surface area contributed by atoms with Crippen LogP contribution in [0.3, 0.4) is 0 Å². The fraction of sp³-hybridized carbons (Fsp3) is 0.917. The lowest BCUT2D eigenvalue weighted by atomic mass is 9.85. The molecule has 0 radical (unpaired) electrons. The highest BCUT2D eigenvalue weighted by atomic mass is 16.6. The number of amides is 3. The topological polar surface area (TPSA) is 273 Å². The molecule has 3 rings (SSSR count). The predicted octanol–water partition coefficient (Wildman–Crippen LogP) is -2.91. The van der Waals surface area contributed by atoms with E-state index in [0.29, 0.717) is 19.6 Å². The van der Waals surface area contributed by atoms with Crippen molar-refractivity contribution in [2.24, 2.45) is 11.8 Å². The number of rotatable bonds is 22. The van der Waals surface area contributed by atoms with Crippen LogP contribution in [0.5, 0.6) is 0 Å². The molecule has 0 aliphatic carbocycles. The molecule has 0 aromatic rings. The van der Waals surface area contributed by atoms with E-state index in [1.54, 1.807) is 0 Å². The van der Waals surface area contributed by atoms with Gasteiger partial charge in [0.05, 0.1) is 82.7 Å². The van der Waals surface area contributed by atoms with Crippen LogP contribution in [-0.4, -0.2) is 187 Å².